The zero-order valence-electron chi connectivity index (χ0n) is 12.5. The maximum absolute atomic E-state index is 12.3. The van der Waals surface area contributed by atoms with Crippen molar-refractivity contribution in [2.24, 2.45) is 5.92 Å². The second kappa shape index (κ2) is 6.17. The van der Waals surface area contributed by atoms with Crippen LogP contribution in [-0.2, 0) is 9.53 Å². The highest BCUT2D eigenvalue weighted by molar-refractivity contribution is 6.04. The largest absolute Gasteiger partial charge is 0.464 e. The number of carbonyl (C=O) groups excluding carboxylic acids is 2. The average Bonchev–Trinajstić information content (AvgIpc) is 2.98. The molecule has 0 radical (unpaired) electrons. The lowest BCUT2D eigenvalue weighted by molar-refractivity contribution is -0.120. The number of aromatic nitrogens is 2. The Morgan fingerprint density at radius 3 is 2.77 bits per heavy atom. The van der Waals surface area contributed by atoms with E-state index in [0.717, 1.165) is 31.2 Å². The molecule has 0 unspecified atom stereocenters. The summed E-state index contributed by atoms with van der Waals surface area (Å²) >= 11 is 0. The molecule has 6 heteroatoms. The number of anilines is 1. The van der Waals surface area contributed by atoms with Gasteiger partial charge in [0.05, 0.1) is 12.6 Å². The minimum Gasteiger partial charge on any atom is -0.464 e. The summed E-state index contributed by atoms with van der Waals surface area (Å²) in [7, 11) is 1.32. The number of fused-ring (bicyclic) bond motifs is 1. The number of hydrogen-bond acceptors (Lipinski definition) is 4. The fraction of sp³-hybridized carbons (Fsp3) is 0.438. The number of rotatable bonds is 3. The SMILES string of the molecule is COC(=O)c1n[nH]c2ccc(NC(=O)C3CCCCC3)cc12. The molecule has 0 bridgehead atoms. The molecule has 1 aliphatic rings. The van der Waals surface area contributed by atoms with Gasteiger partial charge in [-0.05, 0) is 31.0 Å². The normalized spacial score (nSPS) is 15.7. The molecule has 1 aromatic carbocycles. The lowest BCUT2D eigenvalue weighted by atomic mass is 9.88. The second-order valence-electron chi connectivity index (χ2n) is 5.65. The summed E-state index contributed by atoms with van der Waals surface area (Å²) in [6.45, 7) is 0. The van der Waals surface area contributed by atoms with E-state index in [9.17, 15) is 9.59 Å². The molecule has 22 heavy (non-hydrogen) atoms. The fourth-order valence-electron chi connectivity index (χ4n) is 2.95. The molecular weight excluding hydrogens is 282 g/mol. The minimum atomic E-state index is -0.498. The van der Waals surface area contributed by atoms with E-state index in [4.69, 9.17) is 4.74 Å². The van der Waals surface area contributed by atoms with E-state index in [2.05, 4.69) is 15.5 Å². The Hall–Kier alpha value is -2.37. The van der Waals surface area contributed by atoms with Crippen LogP contribution in [0.1, 0.15) is 42.6 Å². The first-order valence-corrected chi connectivity index (χ1v) is 7.56. The summed E-state index contributed by atoms with van der Waals surface area (Å²) in [5, 5.41) is 10.3. The number of hydrogen-bond donors (Lipinski definition) is 2. The molecule has 1 aromatic heterocycles. The molecule has 3 rings (SSSR count). The maximum atomic E-state index is 12.3. The van der Waals surface area contributed by atoms with Crippen LogP contribution in [-0.4, -0.2) is 29.2 Å². The number of nitrogens with one attached hydrogen (secondary N) is 2. The quantitative estimate of drug-likeness (QED) is 0.854. The monoisotopic (exact) mass is 301 g/mol. The van der Waals surface area contributed by atoms with Crippen molar-refractivity contribution in [3.8, 4) is 0 Å². The molecule has 0 saturated heterocycles. The first-order chi connectivity index (χ1) is 10.7. The highest BCUT2D eigenvalue weighted by Gasteiger charge is 2.21. The number of ether oxygens (including phenoxy) is 1. The van der Waals surface area contributed by atoms with E-state index in [-0.39, 0.29) is 17.5 Å². The van der Waals surface area contributed by atoms with Gasteiger partial charge in [-0.1, -0.05) is 19.3 Å². The van der Waals surface area contributed by atoms with Gasteiger partial charge in [0, 0.05) is 17.0 Å². The van der Waals surface area contributed by atoms with Gasteiger partial charge in [0.2, 0.25) is 5.91 Å². The Morgan fingerprint density at radius 2 is 2.05 bits per heavy atom. The number of benzene rings is 1. The molecule has 6 nitrogen and oxygen atoms in total. The molecule has 1 aliphatic carbocycles. The lowest BCUT2D eigenvalue weighted by Gasteiger charge is -2.20. The van der Waals surface area contributed by atoms with Crippen molar-refractivity contribution in [2.45, 2.75) is 32.1 Å². The standard InChI is InChI=1S/C16H19N3O3/c1-22-16(21)14-12-9-11(7-8-13(12)18-19-14)17-15(20)10-5-3-2-4-6-10/h7-10H,2-6H2,1H3,(H,17,20)(H,18,19). The Labute approximate surface area is 128 Å². The number of aromatic amines is 1. The number of amides is 1. The first kappa shape index (κ1) is 14.6. The summed E-state index contributed by atoms with van der Waals surface area (Å²) in [6, 6.07) is 5.36. The van der Waals surface area contributed by atoms with Crippen LogP contribution in [0.4, 0.5) is 5.69 Å². The molecule has 0 spiro atoms. The highest BCUT2D eigenvalue weighted by atomic mass is 16.5. The Balaban J connectivity index is 1.81. The second-order valence-corrected chi connectivity index (χ2v) is 5.65. The first-order valence-electron chi connectivity index (χ1n) is 7.56. The van der Waals surface area contributed by atoms with Crippen LogP contribution >= 0.6 is 0 Å². The highest BCUT2D eigenvalue weighted by Crippen LogP contribution is 2.26. The third-order valence-electron chi connectivity index (χ3n) is 4.19. The van der Waals surface area contributed by atoms with Crippen LogP contribution in [0.5, 0.6) is 0 Å². The molecular formula is C16H19N3O3. The third kappa shape index (κ3) is 2.81. The van der Waals surface area contributed by atoms with Gasteiger partial charge in [-0.15, -0.1) is 0 Å². The van der Waals surface area contributed by atoms with Crippen LogP contribution < -0.4 is 5.32 Å². The van der Waals surface area contributed by atoms with Crippen molar-refractivity contribution in [3.63, 3.8) is 0 Å². The molecule has 0 aliphatic heterocycles. The van der Waals surface area contributed by atoms with Gasteiger partial charge >= 0.3 is 5.97 Å². The minimum absolute atomic E-state index is 0.0576. The fourth-order valence-corrected chi connectivity index (χ4v) is 2.95. The molecule has 1 fully saturated rings. The van der Waals surface area contributed by atoms with Crippen molar-refractivity contribution in [1.82, 2.24) is 10.2 Å². The molecule has 1 amide bonds. The zero-order chi connectivity index (χ0) is 15.5. The van der Waals surface area contributed by atoms with E-state index in [1.54, 1.807) is 12.1 Å². The van der Waals surface area contributed by atoms with Crippen molar-refractivity contribution in [1.29, 1.82) is 0 Å². The summed E-state index contributed by atoms with van der Waals surface area (Å²) < 4.78 is 4.71. The summed E-state index contributed by atoms with van der Waals surface area (Å²) in [5.41, 5.74) is 1.64. The Kier molecular flexibility index (Phi) is 4.09. The smallest absolute Gasteiger partial charge is 0.359 e. The van der Waals surface area contributed by atoms with E-state index in [0.29, 0.717) is 11.1 Å². The van der Waals surface area contributed by atoms with E-state index < -0.39 is 5.97 Å². The van der Waals surface area contributed by atoms with Gasteiger partial charge in [0.25, 0.3) is 0 Å². The predicted octanol–water partition coefficient (Wildman–Crippen LogP) is 2.87. The molecule has 2 aromatic rings. The van der Waals surface area contributed by atoms with Gasteiger partial charge < -0.3 is 10.1 Å². The van der Waals surface area contributed by atoms with Gasteiger partial charge in [0.15, 0.2) is 5.69 Å². The Morgan fingerprint density at radius 1 is 1.27 bits per heavy atom. The number of carbonyl (C=O) groups is 2. The summed E-state index contributed by atoms with van der Waals surface area (Å²) in [4.78, 5) is 24.0. The number of methoxy groups -OCH3 is 1. The average molecular weight is 301 g/mol. The zero-order valence-corrected chi connectivity index (χ0v) is 12.5. The number of H-pyrrole nitrogens is 1. The Bertz CT molecular complexity index is 702. The third-order valence-corrected chi connectivity index (χ3v) is 4.19. The molecule has 1 saturated carbocycles. The molecule has 0 atom stereocenters. The van der Waals surface area contributed by atoms with Crippen molar-refractivity contribution in [3.05, 3.63) is 23.9 Å². The van der Waals surface area contributed by atoms with Crippen LogP contribution in [0, 0.1) is 5.92 Å². The van der Waals surface area contributed by atoms with Crippen molar-refractivity contribution < 1.29 is 14.3 Å². The van der Waals surface area contributed by atoms with Gasteiger partial charge in [0.1, 0.15) is 0 Å². The topological polar surface area (TPSA) is 84.1 Å². The van der Waals surface area contributed by atoms with E-state index in [1.807, 2.05) is 6.07 Å². The van der Waals surface area contributed by atoms with Crippen LogP contribution in [0.2, 0.25) is 0 Å². The lowest BCUT2D eigenvalue weighted by Crippen LogP contribution is -2.24. The van der Waals surface area contributed by atoms with Gasteiger partial charge in [-0.3, -0.25) is 9.89 Å². The molecule has 1 heterocycles. The van der Waals surface area contributed by atoms with Crippen LogP contribution in [0.15, 0.2) is 18.2 Å². The van der Waals surface area contributed by atoms with Crippen molar-refractivity contribution in [2.75, 3.05) is 12.4 Å². The molecule has 2 N–H and O–H groups in total. The summed E-state index contributed by atoms with van der Waals surface area (Å²) in [6.07, 6.45) is 5.35. The molecule has 116 valence electrons. The van der Waals surface area contributed by atoms with Crippen LogP contribution in [0.25, 0.3) is 10.9 Å². The summed E-state index contributed by atoms with van der Waals surface area (Å²) in [5.74, 6) is -0.349. The van der Waals surface area contributed by atoms with E-state index in [1.165, 1.54) is 13.5 Å². The van der Waals surface area contributed by atoms with Gasteiger partial charge in [-0.25, -0.2) is 4.79 Å². The van der Waals surface area contributed by atoms with Gasteiger partial charge in [-0.2, -0.15) is 5.10 Å². The predicted molar refractivity (Wildman–Crippen MR) is 82.6 cm³/mol. The van der Waals surface area contributed by atoms with E-state index >= 15 is 0 Å². The van der Waals surface area contributed by atoms with Crippen molar-refractivity contribution >= 4 is 28.5 Å². The number of esters is 1. The maximum Gasteiger partial charge on any atom is 0.359 e. The van der Waals surface area contributed by atoms with Crippen LogP contribution in [0.3, 0.4) is 0 Å². The number of nitrogens with zero attached hydrogens (tertiary/aromatic N) is 1.